The fourth-order valence-electron chi connectivity index (χ4n) is 3.38. The molecule has 0 aromatic heterocycles. The molecule has 1 N–H and O–H groups in total. The molecule has 1 heterocycles. The molecule has 5 heteroatoms. The van der Waals surface area contributed by atoms with Crippen LogP contribution < -0.4 is 0 Å². The third kappa shape index (κ3) is 4.08. The van der Waals surface area contributed by atoms with E-state index in [0.717, 1.165) is 28.3 Å². The molecule has 0 bridgehead atoms. The van der Waals surface area contributed by atoms with Crippen molar-refractivity contribution in [3.8, 4) is 0 Å². The lowest BCUT2D eigenvalue weighted by Crippen LogP contribution is -2.41. The zero-order chi connectivity index (χ0) is 17.1. The maximum atomic E-state index is 11.5. The average Bonchev–Trinajstić information content (AvgIpc) is 2.57. The van der Waals surface area contributed by atoms with Crippen LogP contribution in [0.3, 0.4) is 0 Å². The van der Waals surface area contributed by atoms with E-state index in [0.29, 0.717) is 6.54 Å². The van der Waals surface area contributed by atoms with E-state index in [1.807, 2.05) is 24.3 Å². The van der Waals surface area contributed by atoms with Gasteiger partial charge in [-0.1, -0.05) is 56.1 Å². The van der Waals surface area contributed by atoms with Gasteiger partial charge in [-0.25, -0.2) is 0 Å². The molecule has 1 aliphatic heterocycles. The van der Waals surface area contributed by atoms with Crippen LogP contribution in [0.25, 0.3) is 0 Å². The number of benzene rings is 2. The van der Waals surface area contributed by atoms with Gasteiger partial charge in [-0.2, -0.15) is 0 Å². The number of halogens is 2. The van der Waals surface area contributed by atoms with Crippen molar-refractivity contribution in [1.29, 1.82) is 0 Å². The van der Waals surface area contributed by atoms with Gasteiger partial charge in [0.25, 0.3) is 0 Å². The summed E-state index contributed by atoms with van der Waals surface area (Å²) in [7, 11) is 0. The van der Waals surface area contributed by atoms with Gasteiger partial charge in [0.1, 0.15) is 0 Å². The van der Waals surface area contributed by atoms with Crippen LogP contribution in [-0.2, 0) is 4.79 Å². The number of hydrogen-bond donors (Lipinski definition) is 1. The lowest BCUT2D eigenvalue weighted by Gasteiger charge is -2.37. The highest BCUT2D eigenvalue weighted by Gasteiger charge is 2.31. The minimum absolute atomic E-state index is 0.0674. The molecule has 2 aromatic rings. The van der Waals surface area contributed by atoms with Crippen molar-refractivity contribution < 1.29 is 9.90 Å². The number of rotatable bonds is 4. The normalized spacial score (nSPS) is 19.8. The maximum Gasteiger partial charge on any atom is 0.307 e. The summed E-state index contributed by atoms with van der Waals surface area (Å²) in [6, 6.07) is 16.6. The second-order valence-corrected chi connectivity index (χ2v) is 8.01. The average molecular weight is 453 g/mol. The van der Waals surface area contributed by atoms with Gasteiger partial charge < -0.3 is 5.11 Å². The van der Waals surface area contributed by atoms with Crippen LogP contribution in [0.4, 0.5) is 0 Å². The molecule has 1 fully saturated rings. The van der Waals surface area contributed by atoms with E-state index in [2.05, 4.69) is 61.0 Å². The molecule has 2 unspecified atom stereocenters. The third-order valence-electron chi connectivity index (χ3n) is 4.52. The Hall–Kier alpha value is -1.17. The molecule has 2 aromatic carbocycles. The molecule has 0 spiro atoms. The Morgan fingerprint density at radius 2 is 1.83 bits per heavy atom. The Morgan fingerprint density at radius 3 is 2.50 bits per heavy atom. The number of nitrogens with zero attached hydrogens (tertiary/aromatic N) is 1. The van der Waals surface area contributed by atoms with Crippen LogP contribution in [-0.4, -0.2) is 29.1 Å². The first-order chi connectivity index (χ1) is 11.5. The second kappa shape index (κ2) is 7.81. The Balaban J connectivity index is 1.98. The third-order valence-corrected chi connectivity index (χ3v) is 5.54. The Morgan fingerprint density at radius 1 is 1.08 bits per heavy atom. The zero-order valence-electron chi connectivity index (χ0n) is 13.2. The molecule has 1 saturated heterocycles. The number of likely N-dealkylation sites (tertiary alicyclic amines) is 1. The van der Waals surface area contributed by atoms with Crippen molar-refractivity contribution in [3.05, 3.63) is 68.6 Å². The van der Waals surface area contributed by atoms with E-state index >= 15 is 0 Å². The quantitative estimate of drug-likeness (QED) is 0.701. The number of carbonyl (C=O) groups is 1. The van der Waals surface area contributed by atoms with Crippen molar-refractivity contribution in [3.63, 3.8) is 0 Å². The van der Waals surface area contributed by atoms with Crippen molar-refractivity contribution >= 4 is 37.8 Å². The molecule has 0 aliphatic carbocycles. The lowest BCUT2D eigenvalue weighted by atomic mass is 9.91. The topological polar surface area (TPSA) is 40.5 Å². The van der Waals surface area contributed by atoms with Gasteiger partial charge in [0.2, 0.25) is 0 Å². The summed E-state index contributed by atoms with van der Waals surface area (Å²) in [4.78, 5) is 13.8. The molecule has 1 aliphatic rings. The highest BCUT2D eigenvalue weighted by Crippen LogP contribution is 2.34. The minimum atomic E-state index is -0.691. The van der Waals surface area contributed by atoms with Crippen LogP contribution in [0.2, 0.25) is 0 Å². The van der Waals surface area contributed by atoms with E-state index in [-0.39, 0.29) is 12.0 Å². The monoisotopic (exact) mass is 451 g/mol. The Kier molecular flexibility index (Phi) is 5.74. The van der Waals surface area contributed by atoms with Gasteiger partial charge in [0.15, 0.2) is 0 Å². The van der Waals surface area contributed by atoms with Gasteiger partial charge in [-0.05, 0) is 54.8 Å². The molecule has 0 saturated carbocycles. The molecule has 2 atom stereocenters. The Labute approximate surface area is 158 Å². The van der Waals surface area contributed by atoms with Crippen LogP contribution in [0.15, 0.2) is 57.5 Å². The van der Waals surface area contributed by atoms with Crippen molar-refractivity contribution in [1.82, 2.24) is 4.90 Å². The van der Waals surface area contributed by atoms with E-state index < -0.39 is 5.97 Å². The largest absolute Gasteiger partial charge is 0.481 e. The fraction of sp³-hybridized carbons (Fsp3) is 0.316. The summed E-state index contributed by atoms with van der Waals surface area (Å²) < 4.78 is 2.08. The molecular formula is C19H19Br2NO2. The molecule has 3 nitrogen and oxygen atoms in total. The minimum Gasteiger partial charge on any atom is -0.481 e. The summed E-state index contributed by atoms with van der Waals surface area (Å²) in [5, 5.41) is 9.42. The van der Waals surface area contributed by atoms with Gasteiger partial charge in [0, 0.05) is 15.5 Å². The van der Waals surface area contributed by atoms with Gasteiger partial charge in [-0.15, -0.1) is 0 Å². The first kappa shape index (κ1) is 17.6. The number of aliphatic carboxylic acids is 1. The first-order valence-electron chi connectivity index (χ1n) is 8.02. The van der Waals surface area contributed by atoms with Crippen LogP contribution >= 0.6 is 31.9 Å². The second-order valence-electron chi connectivity index (χ2n) is 6.18. The standard InChI is InChI=1S/C19H19Br2NO2/c20-16-8-6-13(7-9-16)18(14-3-1-5-17(21)11-14)22-10-2-4-15(12-22)19(23)24/h1,3,5-9,11,15,18H,2,4,10,12H2,(H,23,24). The zero-order valence-corrected chi connectivity index (χ0v) is 16.3. The molecule has 126 valence electrons. The van der Waals surface area contributed by atoms with Gasteiger partial charge in [0.05, 0.1) is 12.0 Å². The molecule has 0 amide bonds. The lowest BCUT2D eigenvalue weighted by molar-refractivity contribution is -0.143. The number of piperidine rings is 1. The van der Waals surface area contributed by atoms with E-state index in [9.17, 15) is 9.90 Å². The summed E-state index contributed by atoms with van der Waals surface area (Å²) in [5.74, 6) is -0.979. The van der Waals surface area contributed by atoms with Crippen molar-refractivity contribution in [2.24, 2.45) is 5.92 Å². The van der Waals surface area contributed by atoms with Crippen molar-refractivity contribution in [2.75, 3.05) is 13.1 Å². The molecule has 3 rings (SSSR count). The number of carboxylic acid groups (broad SMARTS) is 1. The summed E-state index contributed by atoms with van der Waals surface area (Å²) >= 11 is 7.04. The van der Waals surface area contributed by atoms with Crippen molar-refractivity contribution in [2.45, 2.75) is 18.9 Å². The molecular weight excluding hydrogens is 434 g/mol. The smallest absolute Gasteiger partial charge is 0.307 e. The highest BCUT2D eigenvalue weighted by molar-refractivity contribution is 9.10. The van der Waals surface area contributed by atoms with Gasteiger partial charge >= 0.3 is 5.97 Å². The fourth-order valence-corrected chi connectivity index (χ4v) is 4.06. The van der Waals surface area contributed by atoms with Crippen LogP contribution in [0.1, 0.15) is 30.0 Å². The summed E-state index contributed by atoms with van der Waals surface area (Å²) in [6.07, 6.45) is 1.68. The molecule has 0 radical (unpaired) electrons. The van der Waals surface area contributed by atoms with Crippen LogP contribution in [0.5, 0.6) is 0 Å². The van der Waals surface area contributed by atoms with Crippen LogP contribution in [0, 0.1) is 5.92 Å². The van der Waals surface area contributed by atoms with E-state index in [1.54, 1.807) is 0 Å². The maximum absolute atomic E-state index is 11.5. The molecule has 24 heavy (non-hydrogen) atoms. The van der Waals surface area contributed by atoms with E-state index in [1.165, 1.54) is 11.1 Å². The number of carboxylic acids is 1. The first-order valence-corrected chi connectivity index (χ1v) is 9.61. The Bertz CT molecular complexity index is 718. The van der Waals surface area contributed by atoms with E-state index in [4.69, 9.17) is 0 Å². The highest BCUT2D eigenvalue weighted by atomic mass is 79.9. The predicted molar refractivity (Wildman–Crippen MR) is 102 cm³/mol. The van der Waals surface area contributed by atoms with Gasteiger partial charge in [-0.3, -0.25) is 9.69 Å². The SMILES string of the molecule is O=C(O)C1CCCN(C(c2ccc(Br)cc2)c2cccc(Br)c2)C1. The summed E-state index contributed by atoms with van der Waals surface area (Å²) in [6.45, 7) is 1.50. The number of hydrogen-bond acceptors (Lipinski definition) is 2. The summed E-state index contributed by atoms with van der Waals surface area (Å²) in [5.41, 5.74) is 2.36. The predicted octanol–water partition coefficient (Wildman–Crippen LogP) is 5.10.